The number of nitrogens with zero attached hydrogens (tertiary/aromatic N) is 1. The fraction of sp³-hybridized carbons (Fsp3) is 0.474. The first kappa shape index (κ1) is 14.5. The van der Waals surface area contributed by atoms with E-state index in [1.165, 1.54) is 11.3 Å². The Bertz CT molecular complexity index is 754. The number of benzene rings is 1. The van der Waals surface area contributed by atoms with Gasteiger partial charge < -0.3 is 5.32 Å². The van der Waals surface area contributed by atoms with Crippen molar-refractivity contribution < 1.29 is 9.59 Å². The van der Waals surface area contributed by atoms with Gasteiger partial charge in [0.1, 0.15) is 0 Å². The molecule has 24 heavy (non-hydrogen) atoms. The molecule has 0 aromatic heterocycles. The molecule has 1 aromatic rings. The van der Waals surface area contributed by atoms with E-state index < -0.39 is 0 Å². The standard InChI is InChI=1S/C19H19ClN2O2/c1-9-2-3-10(6-15(9)20)21-8-22-18(23)16-11-4-5-12(14-7-13(11)14)17(16)19(22)24/h2-6,11-14,16-17,21H,7-8H2,1H3/t11-,12-,13-,14+,16-,17+/m0/s1. The van der Waals surface area contributed by atoms with E-state index in [1.807, 2.05) is 25.1 Å². The summed E-state index contributed by atoms with van der Waals surface area (Å²) in [6.45, 7) is 2.16. The van der Waals surface area contributed by atoms with Crippen molar-refractivity contribution >= 4 is 29.1 Å². The van der Waals surface area contributed by atoms with Crippen molar-refractivity contribution in [2.75, 3.05) is 12.0 Å². The summed E-state index contributed by atoms with van der Waals surface area (Å²) in [6, 6.07) is 5.67. The molecule has 2 amide bonds. The first-order chi connectivity index (χ1) is 11.6. The van der Waals surface area contributed by atoms with Crippen LogP contribution in [0.25, 0.3) is 0 Å². The number of nitrogens with one attached hydrogen (secondary N) is 1. The Morgan fingerprint density at radius 3 is 2.33 bits per heavy atom. The number of halogens is 1. The first-order valence-corrected chi connectivity index (χ1v) is 8.97. The zero-order valence-electron chi connectivity index (χ0n) is 13.4. The third-order valence-electron chi connectivity index (χ3n) is 6.37. The van der Waals surface area contributed by atoms with Gasteiger partial charge in [-0.3, -0.25) is 14.5 Å². The van der Waals surface area contributed by atoms with Crippen molar-refractivity contribution in [1.82, 2.24) is 4.90 Å². The van der Waals surface area contributed by atoms with Gasteiger partial charge >= 0.3 is 0 Å². The van der Waals surface area contributed by atoms with Crippen LogP contribution >= 0.6 is 11.6 Å². The second-order valence-corrected chi connectivity index (χ2v) is 7.97. The third kappa shape index (κ3) is 1.86. The Balaban J connectivity index is 1.36. The van der Waals surface area contributed by atoms with Gasteiger partial charge in [0.25, 0.3) is 0 Å². The summed E-state index contributed by atoms with van der Waals surface area (Å²) in [4.78, 5) is 27.1. The van der Waals surface area contributed by atoms with Crippen molar-refractivity contribution in [3.05, 3.63) is 40.9 Å². The van der Waals surface area contributed by atoms with Crippen LogP contribution in [-0.2, 0) is 9.59 Å². The highest BCUT2D eigenvalue weighted by molar-refractivity contribution is 6.31. The molecule has 0 radical (unpaired) electrons. The second-order valence-electron chi connectivity index (χ2n) is 7.56. The van der Waals surface area contributed by atoms with E-state index in [4.69, 9.17) is 11.6 Å². The molecule has 1 aromatic carbocycles. The van der Waals surface area contributed by atoms with E-state index in [-0.39, 0.29) is 42.2 Å². The third-order valence-corrected chi connectivity index (χ3v) is 6.77. The highest BCUT2D eigenvalue weighted by atomic mass is 35.5. The Kier molecular flexibility index (Phi) is 2.94. The fourth-order valence-electron chi connectivity index (χ4n) is 5.05. The quantitative estimate of drug-likeness (QED) is 0.678. The highest BCUT2D eigenvalue weighted by Crippen LogP contribution is 2.65. The van der Waals surface area contributed by atoms with Crippen molar-refractivity contribution in [3.63, 3.8) is 0 Å². The zero-order valence-corrected chi connectivity index (χ0v) is 14.2. The van der Waals surface area contributed by atoms with Gasteiger partial charge in [-0.05, 0) is 54.7 Å². The molecule has 5 heteroatoms. The minimum absolute atomic E-state index is 0.000378. The summed E-state index contributed by atoms with van der Waals surface area (Å²) < 4.78 is 0. The van der Waals surface area contributed by atoms with Crippen LogP contribution in [0.1, 0.15) is 12.0 Å². The van der Waals surface area contributed by atoms with E-state index >= 15 is 0 Å². The number of likely N-dealkylation sites (tertiary alicyclic amines) is 1. The van der Waals surface area contributed by atoms with Crippen molar-refractivity contribution in [2.45, 2.75) is 13.3 Å². The largest absolute Gasteiger partial charge is 0.367 e. The summed E-state index contributed by atoms with van der Waals surface area (Å²) in [6.07, 6.45) is 5.58. The topological polar surface area (TPSA) is 49.4 Å². The van der Waals surface area contributed by atoms with E-state index in [9.17, 15) is 9.59 Å². The van der Waals surface area contributed by atoms with Crippen LogP contribution in [0.4, 0.5) is 5.69 Å². The zero-order chi connectivity index (χ0) is 16.6. The lowest BCUT2D eigenvalue weighted by atomic mass is 9.63. The highest BCUT2D eigenvalue weighted by Gasteiger charge is 2.66. The Morgan fingerprint density at radius 2 is 1.75 bits per heavy atom. The smallest absolute Gasteiger partial charge is 0.235 e. The second kappa shape index (κ2) is 4.85. The molecule has 1 heterocycles. The molecule has 0 unspecified atom stereocenters. The molecule has 4 aliphatic carbocycles. The van der Waals surface area contributed by atoms with Gasteiger partial charge in [0.2, 0.25) is 11.8 Å². The number of rotatable bonds is 3. The molecule has 2 bridgehead atoms. The van der Waals surface area contributed by atoms with Gasteiger partial charge in [-0.2, -0.15) is 0 Å². The molecule has 1 saturated heterocycles. The number of allylic oxidation sites excluding steroid dienone is 2. The van der Waals surface area contributed by atoms with Crippen molar-refractivity contribution in [3.8, 4) is 0 Å². The maximum absolute atomic E-state index is 12.9. The number of carbonyl (C=O) groups excluding carboxylic acids is 2. The predicted molar refractivity (Wildman–Crippen MR) is 91.2 cm³/mol. The molecule has 1 aliphatic heterocycles. The molecular formula is C19H19ClN2O2. The lowest BCUT2D eigenvalue weighted by Gasteiger charge is -2.37. The minimum atomic E-state index is -0.125. The van der Waals surface area contributed by atoms with Crippen molar-refractivity contribution in [1.29, 1.82) is 0 Å². The number of imide groups is 1. The molecule has 2 saturated carbocycles. The van der Waals surface area contributed by atoms with Gasteiger partial charge in [0.15, 0.2) is 0 Å². The minimum Gasteiger partial charge on any atom is -0.367 e. The van der Waals surface area contributed by atoms with Crippen molar-refractivity contribution in [2.24, 2.45) is 35.5 Å². The van der Waals surface area contributed by atoms with Crippen LogP contribution in [0.2, 0.25) is 5.02 Å². The number of amides is 2. The number of anilines is 1. The Labute approximate surface area is 145 Å². The van der Waals surface area contributed by atoms with Crippen LogP contribution in [0.15, 0.2) is 30.4 Å². The summed E-state index contributed by atoms with van der Waals surface area (Å²) in [7, 11) is 0. The van der Waals surface area contributed by atoms with Gasteiger partial charge in [-0.25, -0.2) is 0 Å². The number of hydrogen-bond donors (Lipinski definition) is 1. The number of hydrogen-bond acceptors (Lipinski definition) is 3. The number of carbonyl (C=O) groups is 2. The fourth-order valence-corrected chi connectivity index (χ4v) is 5.23. The van der Waals surface area contributed by atoms with E-state index in [0.29, 0.717) is 16.9 Å². The van der Waals surface area contributed by atoms with Crippen LogP contribution in [0, 0.1) is 42.4 Å². The Morgan fingerprint density at radius 1 is 1.12 bits per heavy atom. The van der Waals surface area contributed by atoms with Crippen LogP contribution in [0.3, 0.4) is 0 Å². The van der Waals surface area contributed by atoms with Crippen LogP contribution in [-0.4, -0.2) is 23.4 Å². The first-order valence-electron chi connectivity index (χ1n) is 8.60. The van der Waals surface area contributed by atoms with E-state index in [2.05, 4.69) is 17.5 Å². The predicted octanol–water partition coefficient (Wildman–Crippen LogP) is 3.07. The molecule has 4 nitrogen and oxygen atoms in total. The summed E-state index contributed by atoms with van der Waals surface area (Å²) in [5.41, 5.74) is 1.83. The van der Waals surface area contributed by atoms with Crippen LogP contribution in [0.5, 0.6) is 0 Å². The van der Waals surface area contributed by atoms with Gasteiger partial charge in [-0.15, -0.1) is 0 Å². The normalized spacial score (nSPS) is 38.3. The van der Waals surface area contributed by atoms with E-state index in [1.54, 1.807) is 0 Å². The molecule has 1 N–H and O–H groups in total. The molecule has 5 aliphatic rings. The maximum Gasteiger partial charge on any atom is 0.235 e. The average Bonchev–Trinajstić information content (AvgIpc) is 3.35. The molecule has 6 atom stereocenters. The number of aryl methyl sites for hydroxylation is 1. The molecule has 6 rings (SSSR count). The SMILES string of the molecule is Cc1ccc(NCN2C(=O)[C@@H]3[C@H]4C=C[C@@H]([C@@H]5C[C@H]45)[C@@H]3C2=O)cc1Cl. The average molecular weight is 343 g/mol. The lowest BCUT2D eigenvalue weighted by Crippen LogP contribution is -2.40. The molecule has 0 spiro atoms. The maximum atomic E-state index is 12.9. The van der Waals surface area contributed by atoms with Crippen LogP contribution < -0.4 is 5.32 Å². The molecule has 3 fully saturated rings. The lowest BCUT2D eigenvalue weighted by molar-refractivity contribution is -0.139. The van der Waals surface area contributed by atoms with E-state index in [0.717, 1.165) is 11.3 Å². The van der Waals surface area contributed by atoms with Gasteiger partial charge in [0, 0.05) is 10.7 Å². The summed E-state index contributed by atoms with van der Waals surface area (Å²) in [5.74, 6) is 1.59. The summed E-state index contributed by atoms with van der Waals surface area (Å²) in [5, 5.41) is 3.85. The van der Waals surface area contributed by atoms with Gasteiger partial charge in [-0.1, -0.05) is 29.8 Å². The summed E-state index contributed by atoms with van der Waals surface area (Å²) >= 11 is 6.14. The van der Waals surface area contributed by atoms with Gasteiger partial charge in [0.05, 0.1) is 18.5 Å². The molecule has 124 valence electrons. The molecular weight excluding hydrogens is 324 g/mol. The Hall–Kier alpha value is -1.81. The monoisotopic (exact) mass is 342 g/mol.